The smallest absolute Gasteiger partial charge is 0.275 e. The van der Waals surface area contributed by atoms with Crippen LogP contribution >= 0.6 is 11.6 Å². The molecule has 0 aliphatic carbocycles. The summed E-state index contributed by atoms with van der Waals surface area (Å²) in [6.45, 7) is 0. The van der Waals surface area contributed by atoms with Gasteiger partial charge in [-0.05, 0) is 24.3 Å². The first kappa shape index (κ1) is 9.73. The quantitative estimate of drug-likeness (QED) is 0.793. The van der Waals surface area contributed by atoms with Crippen molar-refractivity contribution in [2.24, 2.45) is 0 Å². The number of hydrogen-bond acceptors (Lipinski definition) is 3. The fourth-order valence-electron chi connectivity index (χ4n) is 1.19. The largest absolute Gasteiger partial charge is 0.397 e. The van der Waals surface area contributed by atoms with Crippen LogP contribution in [0.4, 0.5) is 5.69 Å². The number of nitrogens with zero attached hydrogens (tertiary/aromatic N) is 2. The molecule has 0 saturated carbocycles. The Labute approximate surface area is 90.9 Å². The van der Waals surface area contributed by atoms with Crippen LogP contribution in [-0.4, -0.2) is 9.55 Å². The molecule has 4 nitrogen and oxygen atoms in total. The van der Waals surface area contributed by atoms with E-state index in [4.69, 9.17) is 17.3 Å². The van der Waals surface area contributed by atoms with E-state index in [-0.39, 0.29) is 10.6 Å². The van der Waals surface area contributed by atoms with Gasteiger partial charge in [0.25, 0.3) is 5.56 Å². The van der Waals surface area contributed by atoms with Crippen molar-refractivity contribution in [3.63, 3.8) is 0 Å². The molecule has 76 valence electrons. The number of anilines is 1. The second kappa shape index (κ2) is 3.74. The molecule has 2 N–H and O–H groups in total. The van der Waals surface area contributed by atoms with E-state index in [1.165, 1.54) is 16.8 Å². The van der Waals surface area contributed by atoms with Crippen molar-refractivity contribution < 1.29 is 0 Å². The normalized spacial score (nSPS) is 10.2. The maximum Gasteiger partial charge on any atom is 0.275 e. The van der Waals surface area contributed by atoms with E-state index in [0.29, 0.717) is 11.5 Å². The van der Waals surface area contributed by atoms with Gasteiger partial charge in [-0.25, -0.2) is 4.98 Å². The summed E-state index contributed by atoms with van der Waals surface area (Å²) in [7, 11) is 0. The summed E-state index contributed by atoms with van der Waals surface area (Å²) >= 11 is 5.71. The van der Waals surface area contributed by atoms with Gasteiger partial charge >= 0.3 is 0 Å². The van der Waals surface area contributed by atoms with E-state index in [2.05, 4.69) is 4.98 Å². The zero-order valence-electron chi connectivity index (χ0n) is 7.72. The molecule has 0 amide bonds. The van der Waals surface area contributed by atoms with Gasteiger partial charge in [0, 0.05) is 6.20 Å². The molecular weight excluding hydrogens is 214 g/mol. The fraction of sp³-hybridized carbons (Fsp3) is 0. The Bertz CT molecular complexity index is 533. The molecule has 0 spiro atoms. The maximum atomic E-state index is 11.6. The minimum absolute atomic E-state index is 0.163. The summed E-state index contributed by atoms with van der Waals surface area (Å²) in [4.78, 5) is 15.6. The van der Waals surface area contributed by atoms with E-state index >= 15 is 0 Å². The first-order valence-corrected chi connectivity index (χ1v) is 4.65. The van der Waals surface area contributed by atoms with E-state index in [9.17, 15) is 4.79 Å². The van der Waals surface area contributed by atoms with Gasteiger partial charge in [-0.1, -0.05) is 11.6 Å². The Kier molecular flexibility index (Phi) is 2.43. The molecule has 0 aliphatic heterocycles. The lowest BCUT2D eigenvalue weighted by Crippen LogP contribution is -2.18. The summed E-state index contributed by atoms with van der Waals surface area (Å²) in [5.74, 6) is 0.497. The number of nitrogens with two attached hydrogens (primary N) is 1. The molecule has 0 radical (unpaired) electrons. The second-order valence-corrected chi connectivity index (χ2v) is 3.39. The first-order valence-electron chi connectivity index (χ1n) is 4.27. The van der Waals surface area contributed by atoms with E-state index < -0.39 is 0 Å². The standard InChI is InChI=1S/C10H8ClN3O/c11-8-2-1-5-14(10(8)15)9-4-3-7(12)6-13-9/h1-6H,12H2. The van der Waals surface area contributed by atoms with Crippen molar-refractivity contribution >= 4 is 17.3 Å². The van der Waals surface area contributed by atoms with E-state index in [0.717, 1.165) is 0 Å². The highest BCUT2D eigenvalue weighted by Gasteiger charge is 2.02. The molecular formula is C10H8ClN3O. The molecule has 0 unspecified atom stereocenters. The third kappa shape index (κ3) is 1.85. The molecule has 0 fully saturated rings. The Morgan fingerprint density at radius 3 is 2.80 bits per heavy atom. The highest BCUT2D eigenvalue weighted by atomic mass is 35.5. The van der Waals surface area contributed by atoms with Crippen molar-refractivity contribution in [3.05, 3.63) is 52.0 Å². The summed E-state index contributed by atoms with van der Waals surface area (Å²) in [6, 6.07) is 6.56. The Hall–Kier alpha value is -1.81. The molecule has 2 heterocycles. The Morgan fingerprint density at radius 1 is 1.33 bits per heavy atom. The highest BCUT2D eigenvalue weighted by Crippen LogP contribution is 2.06. The number of hydrogen-bond donors (Lipinski definition) is 1. The number of nitrogen functional groups attached to an aromatic ring is 1. The van der Waals surface area contributed by atoms with E-state index in [1.54, 1.807) is 24.4 Å². The number of rotatable bonds is 1. The summed E-state index contributed by atoms with van der Waals surface area (Å²) in [6.07, 6.45) is 3.09. The van der Waals surface area contributed by atoms with Gasteiger partial charge in [0.05, 0.1) is 11.9 Å². The zero-order valence-corrected chi connectivity index (χ0v) is 8.48. The van der Waals surface area contributed by atoms with Gasteiger partial charge in [0.2, 0.25) is 0 Å². The first-order chi connectivity index (χ1) is 7.18. The van der Waals surface area contributed by atoms with Crippen molar-refractivity contribution in [1.82, 2.24) is 9.55 Å². The van der Waals surface area contributed by atoms with Gasteiger partial charge < -0.3 is 5.73 Å². The highest BCUT2D eigenvalue weighted by molar-refractivity contribution is 6.30. The minimum Gasteiger partial charge on any atom is -0.397 e. The topological polar surface area (TPSA) is 60.9 Å². The molecule has 5 heteroatoms. The predicted octanol–water partition coefficient (Wildman–Crippen LogP) is 1.47. The monoisotopic (exact) mass is 221 g/mol. The van der Waals surface area contributed by atoms with Crippen molar-refractivity contribution in [2.75, 3.05) is 5.73 Å². The third-order valence-corrected chi connectivity index (χ3v) is 2.21. The van der Waals surface area contributed by atoms with Crippen LogP contribution in [0.5, 0.6) is 0 Å². The molecule has 2 aromatic rings. The minimum atomic E-state index is -0.295. The third-order valence-electron chi connectivity index (χ3n) is 1.92. The lowest BCUT2D eigenvalue weighted by molar-refractivity contribution is 0.942. The average molecular weight is 222 g/mol. The molecule has 0 aliphatic rings. The average Bonchev–Trinajstić information content (AvgIpc) is 2.24. The van der Waals surface area contributed by atoms with Crippen LogP contribution < -0.4 is 11.3 Å². The Morgan fingerprint density at radius 2 is 2.13 bits per heavy atom. The SMILES string of the molecule is Nc1ccc(-n2cccc(Cl)c2=O)nc1. The Balaban J connectivity index is 2.59. The van der Waals surface area contributed by atoms with Gasteiger partial charge in [-0.15, -0.1) is 0 Å². The lowest BCUT2D eigenvalue weighted by Gasteiger charge is -2.04. The second-order valence-electron chi connectivity index (χ2n) is 2.98. The fourth-order valence-corrected chi connectivity index (χ4v) is 1.35. The number of aromatic nitrogens is 2. The maximum absolute atomic E-state index is 11.6. The molecule has 2 aromatic heterocycles. The van der Waals surface area contributed by atoms with Crippen molar-refractivity contribution in [2.45, 2.75) is 0 Å². The summed E-state index contributed by atoms with van der Waals surface area (Å²) < 4.78 is 1.36. The van der Waals surface area contributed by atoms with Gasteiger partial charge in [0.1, 0.15) is 10.8 Å². The van der Waals surface area contributed by atoms with Crippen LogP contribution in [0, 0.1) is 0 Å². The number of pyridine rings is 2. The molecule has 0 saturated heterocycles. The summed E-state index contributed by atoms with van der Waals surface area (Å²) in [5.41, 5.74) is 5.75. The van der Waals surface area contributed by atoms with Crippen LogP contribution in [-0.2, 0) is 0 Å². The molecule has 0 aromatic carbocycles. The van der Waals surface area contributed by atoms with Crippen LogP contribution in [0.2, 0.25) is 5.02 Å². The van der Waals surface area contributed by atoms with Crippen molar-refractivity contribution in [1.29, 1.82) is 0 Å². The van der Waals surface area contributed by atoms with Gasteiger partial charge in [-0.2, -0.15) is 0 Å². The summed E-state index contributed by atoms with van der Waals surface area (Å²) in [5, 5.41) is 0.163. The van der Waals surface area contributed by atoms with Crippen LogP contribution in [0.1, 0.15) is 0 Å². The van der Waals surface area contributed by atoms with Gasteiger partial charge in [0.15, 0.2) is 0 Å². The molecule has 0 bridgehead atoms. The van der Waals surface area contributed by atoms with Crippen LogP contribution in [0.3, 0.4) is 0 Å². The number of halogens is 1. The van der Waals surface area contributed by atoms with Crippen LogP contribution in [0.15, 0.2) is 41.5 Å². The molecule has 0 atom stereocenters. The molecule has 2 rings (SSSR count). The zero-order chi connectivity index (χ0) is 10.8. The van der Waals surface area contributed by atoms with E-state index in [1.807, 2.05) is 0 Å². The predicted molar refractivity (Wildman–Crippen MR) is 59.3 cm³/mol. The van der Waals surface area contributed by atoms with Crippen molar-refractivity contribution in [3.8, 4) is 5.82 Å². The lowest BCUT2D eigenvalue weighted by atomic mass is 10.4. The molecule has 15 heavy (non-hydrogen) atoms. The van der Waals surface area contributed by atoms with Gasteiger partial charge in [-0.3, -0.25) is 9.36 Å². The van der Waals surface area contributed by atoms with Crippen LogP contribution in [0.25, 0.3) is 5.82 Å².